The van der Waals surface area contributed by atoms with E-state index in [-0.39, 0.29) is 16.7 Å². The van der Waals surface area contributed by atoms with E-state index in [0.717, 1.165) is 28.1 Å². The van der Waals surface area contributed by atoms with Gasteiger partial charge in [0, 0.05) is 23.1 Å². The Labute approximate surface area is 144 Å². The van der Waals surface area contributed by atoms with Crippen LogP contribution in [-0.4, -0.2) is 23.8 Å². The van der Waals surface area contributed by atoms with Gasteiger partial charge in [-0.25, -0.2) is 0 Å². The Morgan fingerprint density at radius 1 is 1.13 bits per heavy atom. The Bertz CT molecular complexity index is 686. The average Bonchev–Trinajstić information content (AvgIpc) is 2.58. The molecule has 0 aliphatic rings. The quantitative estimate of drug-likeness (QED) is 0.596. The van der Waals surface area contributed by atoms with E-state index in [1.165, 1.54) is 18.9 Å². The van der Waals surface area contributed by atoms with Gasteiger partial charge in [0.1, 0.15) is 5.75 Å². The van der Waals surface area contributed by atoms with Gasteiger partial charge < -0.3 is 9.46 Å². The van der Waals surface area contributed by atoms with E-state index in [4.69, 9.17) is 4.74 Å². The van der Waals surface area contributed by atoms with E-state index in [1.54, 1.807) is 19.2 Å². The summed E-state index contributed by atoms with van der Waals surface area (Å²) in [6, 6.07) is 15.0. The first-order valence-corrected chi connectivity index (χ1v) is 8.72. The van der Waals surface area contributed by atoms with Crippen molar-refractivity contribution in [2.75, 3.05) is 17.6 Å². The zero-order valence-electron chi connectivity index (χ0n) is 12.9. The van der Waals surface area contributed by atoms with Gasteiger partial charge in [-0.1, -0.05) is 17.8 Å². The molecule has 0 radical (unpaired) electrons. The van der Waals surface area contributed by atoms with Crippen LogP contribution in [0.2, 0.25) is 0 Å². The van der Waals surface area contributed by atoms with Crippen LogP contribution in [0.3, 0.4) is 0 Å². The highest BCUT2D eigenvalue weighted by Gasteiger charge is 2.07. The molecule has 4 nitrogen and oxygen atoms in total. The number of rotatable bonds is 7. The summed E-state index contributed by atoms with van der Waals surface area (Å²) < 4.78 is 8.40. The molecule has 2 aromatic carbocycles. The molecule has 6 heteroatoms. The van der Waals surface area contributed by atoms with Crippen LogP contribution < -0.4 is 9.46 Å². The minimum Gasteiger partial charge on any atom is -0.497 e. The molecule has 0 unspecified atom stereocenters. The fourth-order valence-corrected chi connectivity index (χ4v) is 2.95. The molecule has 0 amide bonds. The molecule has 2 aromatic rings. The number of ether oxygens (including phenoxy) is 1. The van der Waals surface area contributed by atoms with E-state index in [1.807, 2.05) is 36.4 Å². The average molecular weight is 347 g/mol. The SMILES string of the molecule is COc1cccc(SNc2ccc(C(=O)CSC(C)=O)cc2)c1. The van der Waals surface area contributed by atoms with Crippen LogP contribution in [0.15, 0.2) is 53.4 Å². The third-order valence-electron chi connectivity index (χ3n) is 2.94. The molecule has 2 rings (SSSR count). The maximum absolute atomic E-state index is 11.9. The van der Waals surface area contributed by atoms with Crippen molar-refractivity contribution in [3.63, 3.8) is 0 Å². The molecule has 120 valence electrons. The summed E-state index contributed by atoms with van der Waals surface area (Å²) in [6.45, 7) is 1.46. The normalized spacial score (nSPS) is 10.2. The van der Waals surface area contributed by atoms with E-state index in [9.17, 15) is 9.59 Å². The van der Waals surface area contributed by atoms with Gasteiger partial charge in [-0.15, -0.1) is 0 Å². The first-order valence-electron chi connectivity index (χ1n) is 6.92. The van der Waals surface area contributed by atoms with Gasteiger partial charge in [0.15, 0.2) is 10.9 Å². The Kier molecular flexibility index (Phi) is 6.55. The molecular weight excluding hydrogens is 330 g/mol. The number of nitrogens with one attached hydrogen (secondary N) is 1. The molecule has 0 aliphatic carbocycles. The Hall–Kier alpha value is -1.92. The largest absolute Gasteiger partial charge is 0.497 e. The fraction of sp³-hybridized carbons (Fsp3) is 0.176. The number of carbonyl (C=O) groups excluding carboxylic acids is 2. The molecule has 0 aliphatic heterocycles. The van der Waals surface area contributed by atoms with Crippen molar-refractivity contribution in [1.82, 2.24) is 0 Å². The molecule has 1 N–H and O–H groups in total. The minimum atomic E-state index is -0.0497. The van der Waals surface area contributed by atoms with E-state index < -0.39 is 0 Å². The Morgan fingerprint density at radius 2 is 1.87 bits per heavy atom. The van der Waals surface area contributed by atoms with E-state index >= 15 is 0 Å². The van der Waals surface area contributed by atoms with Crippen molar-refractivity contribution in [1.29, 1.82) is 0 Å². The molecule has 0 bridgehead atoms. The number of benzene rings is 2. The van der Waals surface area contributed by atoms with Crippen molar-refractivity contribution in [2.24, 2.45) is 0 Å². The molecule has 0 heterocycles. The summed E-state index contributed by atoms with van der Waals surface area (Å²) in [5, 5.41) is -0.0497. The summed E-state index contributed by atoms with van der Waals surface area (Å²) >= 11 is 2.50. The predicted molar refractivity (Wildman–Crippen MR) is 96.4 cm³/mol. The highest BCUT2D eigenvalue weighted by atomic mass is 32.2. The zero-order chi connectivity index (χ0) is 16.7. The molecule has 0 aromatic heterocycles. The highest BCUT2D eigenvalue weighted by Crippen LogP contribution is 2.24. The molecule has 0 atom stereocenters. The van der Waals surface area contributed by atoms with Crippen molar-refractivity contribution in [2.45, 2.75) is 11.8 Å². The third kappa shape index (κ3) is 5.65. The second-order valence-corrected chi connectivity index (χ2v) is 6.70. The standard InChI is InChI=1S/C17H17NO3S2/c1-12(19)22-11-17(20)13-6-8-14(9-7-13)18-23-16-5-3-4-15(10-16)21-2/h3-10,18H,11H2,1-2H3. The Balaban J connectivity index is 1.91. The Morgan fingerprint density at radius 3 is 2.52 bits per heavy atom. The second-order valence-electron chi connectivity index (χ2n) is 4.66. The number of ketones is 1. The summed E-state index contributed by atoms with van der Waals surface area (Å²) in [7, 11) is 1.64. The van der Waals surface area contributed by atoms with Crippen LogP contribution in [-0.2, 0) is 4.79 Å². The molecule has 0 saturated carbocycles. The van der Waals surface area contributed by atoms with Crippen LogP contribution in [0, 0.1) is 0 Å². The molecule has 0 saturated heterocycles. The lowest BCUT2D eigenvalue weighted by atomic mass is 10.1. The zero-order valence-corrected chi connectivity index (χ0v) is 14.5. The first kappa shape index (κ1) is 17.4. The molecule has 0 fully saturated rings. The lowest BCUT2D eigenvalue weighted by molar-refractivity contribution is -0.109. The van der Waals surface area contributed by atoms with Crippen LogP contribution >= 0.6 is 23.7 Å². The van der Waals surface area contributed by atoms with Gasteiger partial charge in [-0.3, -0.25) is 9.59 Å². The smallest absolute Gasteiger partial charge is 0.186 e. The number of anilines is 1. The van der Waals surface area contributed by atoms with E-state index in [2.05, 4.69) is 4.72 Å². The number of thioether (sulfide) groups is 1. The van der Waals surface area contributed by atoms with Crippen LogP contribution in [0.5, 0.6) is 5.75 Å². The second kappa shape index (κ2) is 8.64. The molecular formula is C17H17NO3S2. The number of carbonyl (C=O) groups is 2. The van der Waals surface area contributed by atoms with Gasteiger partial charge >= 0.3 is 0 Å². The monoisotopic (exact) mass is 347 g/mol. The minimum absolute atomic E-state index is 0.0443. The lowest BCUT2D eigenvalue weighted by Gasteiger charge is -2.07. The topological polar surface area (TPSA) is 55.4 Å². The number of Topliss-reactive ketones (excluding diaryl/α,β-unsaturated/α-hetero) is 1. The summed E-state index contributed by atoms with van der Waals surface area (Å²) in [4.78, 5) is 23.8. The van der Waals surface area contributed by atoms with Gasteiger partial charge in [-0.05, 0) is 54.4 Å². The third-order valence-corrected chi connectivity index (χ3v) is 4.58. The van der Waals surface area contributed by atoms with Gasteiger partial charge in [0.2, 0.25) is 0 Å². The lowest BCUT2D eigenvalue weighted by Crippen LogP contribution is -2.03. The van der Waals surface area contributed by atoms with Crippen LogP contribution in [0.4, 0.5) is 5.69 Å². The van der Waals surface area contributed by atoms with Crippen LogP contribution in [0.25, 0.3) is 0 Å². The molecule has 0 spiro atoms. The number of hydrogen-bond acceptors (Lipinski definition) is 6. The maximum Gasteiger partial charge on any atom is 0.186 e. The number of methoxy groups -OCH3 is 1. The number of hydrogen-bond donors (Lipinski definition) is 1. The van der Waals surface area contributed by atoms with Crippen molar-refractivity contribution >= 4 is 40.3 Å². The molecule has 23 heavy (non-hydrogen) atoms. The fourth-order valence-electron chi connectivity index (χ4n) is 1.76. The predicted octanol–water partition coefficient (Wildman–Crippen LogP) is 4.28. The van der Waals surface area contributed by atoms with Gasteiger partial charge in [-0.2, -0.15) is 0 Å². The maximum atomic E-state index is 11.9. The summed E-state index contributed by atoms with van der Waals surface area (Å²) in [5.41, 5.74) is 1.50. The van der Waals surface area contributed by atoms with Crippen molar-refractivity contribution in [3.8, 4) is 5.75 Å². The van der Waals surface area contributed by atoms with Crippen molar-refractivity contribution < 1.29 is 14.3 Å². The van der Waals surface area contributed by atoms with Gasteiger partial charge in [0.05, 0.1) is 12.9 Å². The van der Waals surface area contributed by atoms with E-state index in [0.29, 0.717) is 5.56 Å². The summed E-state index contributed by atoms with van der Waals surface area (Å²) in [6.07, 6.45) is 0. The van der Waals surface area contributed by atoms with Crippen molar-refractivity contribution in [3.05, 3.63) is 54.1 Å². The first-order chi connectivity index (χ1) is 11.1. The highest BCUT2D eigenvalue weighted by molar-refractivity contribution is 8.14. The van der Waals surface area contributed by atoms with Crippen LogP contribution in [0.1, 0.15) is 17.3 Å². The summed E-state index contributed by atoms with van der Waals surface area (Å²) in [5.74, 6) is 0.943. The van der Waals surface area contributed by atoms with Gasteiger partial charge in [0.25, 0.3) is 0 Å².